The van der Waals surface area contributed by atoms with Crippen LogP contribution in [0.2, 0.25) is 10.0 Å². The first-order valence-corrected chi connectivity index (χ1v) is 7.70. The highest BCUT2D eigenvalue weighted by atomic mass is 35.5. The molecule has 0 heterocycles. The van der Waals surface area contributed by atoms with E-state index in [0.29, 0.717) is 11.4 Å². The van der Waals surface area contributed by atoms with E-state index in [2.05, 4.69) is 18.3 Å². The van der Waals surface area contributed by atoms with E-state index in [4.69, 9.17) is 23.2 Å². The fourth-order valence-corrected chi connectivity index (χ4v) is 2.72. The van der Waals surface area contributed by atoms with Crippen molar-refractivity contribution < 1.29 is 4.39 Å². The van der Waals surface area contributed by atoms with Gasteiger partial charge in [0.15, 0.2) is 0 Å². The summed E-state index contributed by atoms with van der Waals surface area (Å²) in [6.45, 7) is 4.86. The summed E-state index contributed by atoms with van der Waals surface area (Å²) in [6.07, 6.45) is 0.687. The summed E-state index contributed by atoms with van der Waals surface area (Å²) in [6, 6.07) is 10.7. The quantitative estimate of drug-likeness (QED) is 0.782. The first-order chi connectivity index (χ1) is 10.0. The van der Waals surface area contributed by atoms with Crippen molar-refractivity contribution in [2.45, 2.75) is 26.3 Å². The van der Waals surface area contributed by atoms with Crippen molar-refractivity contribution in [3.8, 4) is 0 Å². The Bertz CT molecular complexity index is 628. The molecule has 0 aliphatic carbocycles. The van der Waals surface area contributed by atoms with Crippen LogP contribution in [0.3, 0.4) is 0 Å². The lowest BCUT2D eigenvalue weighted by atomic mass is 9.98. The van der Waals surface area contributed by atoms with Crippen molar-refractivity contribution >= 4 is 23.2 Å². The molecule has 1 nitrogen and oxygen atoms in total. The normalized spacial score (nSPS) is 12.4. The number of hydrogen-bond acceptors (Lipinski definition) is 1. The summed E-state index contributed by atoms with van der Waals surface area (Å²) in [4.78, 5) is 0. The van der Waals surface area contributed by atoms with E-state index in [1.54, 1.807) is 6.07 Å². The van der Waals surface area contributed by atoms with E-state index >= 15 is 0 Å². The number of halogens is 3. The summed E-state index contributed by atoms with van der Waals surface area (Å²) < 4.78 is 13.1. The van der Waals surface area contributed by atoms with Gasteiger partial charge < -0.3 is 5.32 Å². The first kappa shape index (κ1) is 16.3. The zero-order valence-electron chi connectivity index (χ0n) is 12.1. The van der Waals surface area contributed by atoms with Crippen molar-refractivity contribution in [2.75, 3.05) is 6.54 Å². The molecule has 0 spiro atoms. The Morgan fingerprint density at radius 3 is 2.48 bits per heavy atom. The molecule has 0 saturated heterocycles. The maximum atomic E-state index is 13.1. The van der Waals surface area contributed by atoms with Gasteiger partial charge in [-0.15, -0.1) is 0 Å². The van der Waals surface area contributed by atoms with Crippen molar-refractivity contribution in [3.05, 3.63) is 69.0 Å². The maximum absolute atomic E-state index is 13.1. The summed E-state index contributed by atoms with van der Waals surface area (Å²) in [5, 5.41) is 4.63. The molecule has 4 heteroatoms. The fraction of sp³-hybridized carbons (Fsp3) is 0.294. The molecule has 2 aromatic carbocycles. The smallest absolute Gasteiger partial charge is 0.124 e. The fourth-order valence-electron chi connectivity index (χ4n) is 2.29. The number of likely N-dealkylation sites (N-methyl/N-ethyl adjacent to an activating group) is 1. The van der Waals surface area contributed by atoms with Gasteiger partial charge in [0.05, 0.1) is 0 Å². The van der Waals surface area contributed by atoms with Crippen molar-refractivity contribution in [3.63, 3.8) is 0 Å². The summed E-state index contributed by atoms with van der Waals surface area (Å²) in [7, 11) is 0. The third-order valence-corrected chi connectivity index (χ3v) is 4.25. The van der Waals surface area contributed by atoms with Crippen LogP contribution in [0.1, 0.15) is 29.7 Å². The third-order valence-electron chi connectivity index (χ3n) is 3.49. The molecule has 0 fully saturated rings. The van der Waals surface area contributed by atoms with Crippen LogP contribution < -0.4 is 5.32 Å². The second kappa shape index (κ2) is 7.26. The van der Waals surface area contributed by atoms with Gasteiger partial charge in [-0.05, 0) is 54.8 Å². The minimum atomic E-state index is -0.317. The van der Waals surface area contributed by atoms with E-state index in [1.807, 2.05) is 19.1 Å². The number of aryl methyl sites for hydroxylation is 1. The number of rotatable bonds is 5. The topological polar surface area (TPSA) is 12.0 Å². The average Bonchev–Trinajstić information content (AvgIpc) is 2.44. The Hall–Kier alpha value is -1.09. The van der Waals surface area contributed by atoms with Gasteiger partial charge in [0, 0.05) is 16.1 Å². The first-order valence-electron chi connectivity index (χ1n) is 6.94. The standard InChI is InChI=1S/C17H18Cl2FN/c1-3-21-17(13-5-4-11(2)15(18)8-13)9-12-6-7-14(20)10-16(12)19/h4-8,10,17,21H,3,9H2,1-2H3. The van der Waals surface area contributed by atoms with Crippen LogP contribution in [-0.2, 0) is 6.42 Å². The molecular formula is C17H18Cl2FN. The molecule has 1 unspecified atom stereocenters. The van der Waals surface area contributed by atoms with E-state index in [9.17, 15) is 4.39 Å². The van der Waals surface area contributed by atoms with E-state index in [-0.39, 0.29) is 11.9 Å². The molecule has 0 bridgehead atoms. The molecule has 1 atom stereocenters. The van der Waals surface area contributed by atoms with E-state index < -0.39 is 0 Å². The summed E-state index contributed by atoms with van der Waals surface area (Å²) in [5.74, 6) is -0.317. The minimum absolute atomic E-state index is 0.0936. The van der Waals surface area contributed by atoms with Gasteiger partial charge in [-0.2, -0.15) is 0 Å². The predicted octanol–water partition coefficient (Wildman–Crippen LogP) is 5.33. The maximum Gasteiger partial charge on any atom is 0.124 e. The number of nitrogens with one attached hydrogen (secondary N) is 1. The molecule has 0 radical (unpaired) electrons. The molecule has 21 heavy (non-hydrogen) atoms. The monoisotopic (exact) mass is 325 g/mol. The Kier molecular flexibility index (Phi) is 5.63. The summed E-state index contributed by atoms with van der Waals surface area (Å²) >= 11 is 12.3. The second-order valence-electron chi connectivity index (χ2n) is 5.06. The molecule has 0 aliphatic rings. The third kappa shape index (κ3) is 4.19. The van der Waals surface area contributed by atoms with Gasteiger partial charge in [-0.1, -0.05) is 48.3 Å². The van der Waals surface area contributed by atoms with Crippen LogP contribution in [0.4, 0.5) is 4.39 Å². The highest BCUT2D eigenvalue weighted by Gasteiger charge is 2.14. The molecule has 0 aliphatic heterocycles. The lowest BCUT2D eigenvalue weighted by Crippen LogP contribution is -2.23. The summed E-state index contributed by atoms with van der Waals surface area (Å²) in [5.41, 5.74) is 3.07. The average molecular weight is 326 g/mol. The van der Waals surface area contributed by atoms with Crippen molar-refractivity contribution in [1.29, 1.82) is 0 Å². The highest BCUT2D eigenvalue weighted by Crippen LogP contribution is 2.27. The largest absolute Gasteiger partial charge is 0.310 e. The molecule has 0 amide bonds. The van der Waals surface area contributed by atoms with Crippen LogP contribution in [0, 0.1) is 12.7 Å². The van der Waals surface area contributed by atoms with Gasteiger partial charge in [0.2, 0.25) is 0 Å². The Morgan fingerprint density at radius 2 is 1.86 bits per heavy atom. The van der Waals surface area contributed by atoms with Crippen LogP contribution in [0.25, 0.3) is 0 Å². The zero-order valence-corrected chi connectivity index (χ0v) is 13.6. The lowest BCUT2D eigenvalue weighted by molar-refractivity contribution is 0.548. The minimum Gasteiger partial charge on any atom is -0.310 e. The van der Waals surface area contributed by atoms with Crippen molar-refractivity contribution in [2.24, 2.45) is 0 Å². The Morgan fingerprint density at radius 1 is 1.10 bits per heavy atom. The van der Waals surface area contributed by atoms with Gasteiger partial charge in [-0.3, -0.25) is 0 Å². The van der Waals surface area contributed by atoms with E-state index in [0.717, 1.165) is 28.3 Å². The van der Waals surface area contributed by atoms with Gasteiger partial charge >= 0.3 is 0 Å². The van der Waals surface area contributed by atoms with Gasteiger partial charge in [0.25, 0.3) is 0 Å². The molecule has 2 rings (SSSR count). The number of hydrogen-bond donors (Lipinski definition) is 1. The lowest BCUT2D eigenvalue weighted by Gasteiger charge is -2.20. The Labute approximate surface area is 135 Å². The zero-order chi connectivity index (χ0) is 15.4. The molecule has 0 aromatic heterocycles. The van der Waals surface area contributed by atoms with Crippen LogP contribution >= 0.6 is 23.2 Å². The highest BCUT2D eigenvalue weighted by molar-refractivity contribution is 6.31. The second-order valence-corrected chi connectivity index (χ2v) is 5.87. The van der Waals surface area contributed by atoms with E-state index in [1.165, 1.54) is 12.1 Å². The van der Waals surface area contributed by atoms with Crippen molar-refractivity contribution in [1.82, 2.24) is 5.32 Å². The number of benzene rings is 2. The molecule has 2 aromatic rings. The molecular weight excluding hydrogens is 308 g/mol. The van der Waals surface area contributed by atoms with Crippen LogP contribution in [-0.4, -0.2) is 6.54 Å². The van der Waals surface area contributed by atoms with Crippen LogP contribution in [0.5, 0.6) is 0 Å². The van der Waals surface area contributed by atoms with Gasteiger partial charge in [-0.25, -0.2) is 4.39 Å². The SMILES string of the molecule is CCNC(Cc1ccc(F)cc1Cl)c1ccc(C)c(Cl)c1. The molecule has 0 saturated carbocycles. The predicted molar refractivity (Wildman–Crippen MR) is 87.7 cm³/mol. The Balaban J connectivity index is 2.28. The molecule has 1 N–H and O–H groups in total. The van der Waals surface area contributed by atoms with Crippen LogP contribution in [0.15, 0.2) is 36.4 Å². The molecule has 112 valence electrons. The van der Waals surface area contributed by atoms with Gasteiger partial charge in [0.1, 0.15) is 5.82 Å².